The molecule has 0 spiro atoms. The van der Waals surface area contributed by atoms with Gasteiger partial charge >= 0.3 is 0 Å². The zero-order valence-electron chi connectivity index (χ0n) is 13.1. The normalized spacial score (nSPS) is 17.7. The fourth-order valence-electron chi connectivity index (χ4n) is 2.76. The van der Waals surface area contributed by atoms with E-state index in [1.54, 1.807) is 43.2 Å². The molecular weight excluding hydrogens is 320 g/mol. The third kappa shape index (κ3) is 2.41. The summed E-state index contributed by atoms with van der Waals surface area (Å²) in [5.41, 5.74) is 0.0133. The van der Waals surface area contributed by atoms with E-state index >= 15 is 0 Å². The molecule has 1 aromatic heterocycles. The first-order chi connectivity index (χ1) is 10.9. The summed E-state index contributed by atoms with van der Waals surface area (Å²) in [6, 6.07) is 6.56. The number of ether oxygens (including phenoxy) is 2. The van der Waals surface area contributed by atoms with E-state index < -0.39 is 15.6 Å². The third-order valence-corrected chi connectivity index (χ3v) is 5.95. The van der Waals surface area contributed by atoms with Gasteiger partial charge in [-0.3, -0.25) is 0 Å². The van der Waals surface area contributed by atoms with Crippen molar-refractivity contribution in [2.45, 2.75) is 10.5 Å². The van der Waals surface area contributed by atoms with Crippen LogP contribution in [0.2, 0.25) is 0 Å². The summed E-state index contributed by atoms with van der Waals surface area (Å²) in [7, 11) is 1.10. The maximum absolute atomic E-state index is 12.8. The van der Waals surface area contributed by atoms with E-state index in [1.807, 2.05) is 0 Å². The molecule has 1 aliphatic rings. The van der Waals surface area contributed by atoms with Gasteiger partial charge in [0.25, 0.3) is 0 Å². The highest BCUT2D eigenvalue weighted by Crippen LogP contribution is 2.39. The Hall–Kier alpha value is -1.97. The molecule has 0 radical (unpaired) electrons. The Kier molecular flexibility index (Phi) is 3.86. The minimum Gasteiger partial charge on any atom is -0.495 e. The van der Waals surface area contributed by atoms with Gasteiger partial charge in [0, 0.05) is 14.2 Å². The van der Waals surface area contributed by atoms with Crippen LogP contribution >= 0.6 is 0 Å². The van der Waals surface area contributed by atoms with E-state index in [4.69, 9.17) is 9.47 Å². The molecule has 9 heteroatoms. The second-order valence-electron chi connectivity index (χ2n) is 5.37. The lowest BCUT2D eigenvalue weighted by Gasteiger charge is -2.47. The smallest absolute Gasteiger partial charge is 0.246 e. The maximum atomic E-state index is 12.8. The standard InChI is InChI=1S/C14H18N4O4S/c1-17-13(8-15-16-17)14(22-3)9-18(10-14)23(19,20)12-7-5-4-6-11(12)21-2/h4-8H,9-10H2,1-3H3. The minimum atomic E-state index is -3.65. The van der Waals surface area contributed by atoms with E-state index in [-0.39, 0.29) is 18.0 Å². The second kappa shape index (κ2) is 5.59. The monoisotopic (exact) mass is 338 g/mol. The Morgan fingerprint density at radius 2 is 1.91 bits per heavy atom. The Balaban J connectivity index is 1.89. The van der Waals surface area contributed by atoms with Crippen LogP contribution in [0.3, 0.4) is 0 Å². The van der Waals surface area contributed by atoms with Crippen LogP contribution < -0.4 is 4.74 Å². The number of para-hydroxylation sites is 1. The summed E-state index contributed by atoms with van der Waals surface area (Å²) in [6.07, 6.45) is 1.59. The number of hydrogen-bond donors (Lipinski definition) is 0. The molecule has 0 bridgehead atoms. The quantitative estimate of drug-likeness (QED) is 0.783. The number of benzene rings is 1. The average molecular weight is 338 g/mol. The molecule has 2 aromatic rings. The van der Waals surface area contributed by atoms with Gasteiger partial charge in [0.2, 0.25) is 10.0 Å². The molecule has 23 heavy (non-hydrogen) atoms. The molecule has 0 aliphatic carbocycles. The highest BCUT2D eigenvalue weighted by atomic mass is 32.2. The Morgan fingerprint density at radius 1 is 1.22 bits per heavy atom. The van der Waals surface area contributed by atoms with Crippen LogP contribution in [0, 0.1) is 0 Å². The largest absolute Gasteiger partial charge is 0.495 e. The van der Waals surface area contributed by atoms with Crippen molar-refractivity contribution in [2.24, 2.45) is 7.05 Å². The van der Waals surface area contributed by atoms with Gasteiger partial charge in [-0.2, -0.15) is 4.31 Å². The molecule has 0 atom stereocenters. The summed E-state index contributed by atoms with van der Waals surface area (Å²) in [4.78, 5) is 0.148. The lowest BCUT2D eigenvalue weighted by atomic mass is 9.93. The molecule has 8 nitrogen and oxygen atoms in total. The second-order valence-corrected chi connectivity index (χ2v) is 7.27. The van der Waals surface area contributed by atoms with Gasteiger partial charge in [0.05, 0.1) is 32.1 Å². The van der Waals surface area contributed by atoms with Crippen molar-refractivity contribution >= 4 is 10.0 Å². The molecule has 0 N–H and O–H groups in total. The molecule has 1 fully saturated rings. The summed E-state index contributed by atoms with van der Waals surface area (Å²) in [5.74, 6) is 0.324. The lowest BCUT2D eigenvalue weighted by molar-refractivity contribution is -0.103. The Labute approximate surface area is 134 Å². The molecule has 124 valence electrons. The van der Waals surface area contributed by atoms with Gasteiger partial charge in [0.1, 0.15) is 16.2 Å². The van der Waals surface area contributed by atoms with E-state index in [0.29, 0.717) is 5.75 Å². The van der Waals surface area contributed by atoms with Crippen molar-refractivity contribution in [1.29, 1.82) is 0 Å². The summed E-state index contributed by atoms with van der Waals surface area (Å²) >= 11 is 0. The number of hydrogen-bond acceptors (Lipinski definition) is 6. The van der Waals surface area contributed by atoms with Gasteiger partial charge in [-0.15, -0.1) is 5.10 Å². The van der Waals surface area contributed by atoms with Crippen LogP contribution in [0.1, 0.15) is 5.69 Å². The van der Waals surface area contributed by atoms with Crippen LogP contribution in [0.25, 0.3) is 0 Å². The highest BCUT2D eigenvalue weighted by Gasteiger charge is 2.52. The zero-order chi connectivity index (χ0) is 16.7. The van der Waals surface area contributed by atoms with Crippen molar-refractivity contribution in [3.63, 3.8) is 0 Å². The Morgan fingerprint density at radius 3 is 2.48 bits per heavy atom. The van der Waals surface area contributed by atoms with Gasteiger partial charge in [-0.25, -0.2) is 13.1 Å². The average Bonchev–Trinajstić information content (AvgIpc) is 2.93. The first-order valence-corrected chi connectivity index (χ1v) is 8.42. The SMILES string of the molecule is COc1ccccc1S(=O)(=O)N1CC(OC)(c2cnnn2C)C1. The minimum absolute atomic E-state index is 0.148. The molecule has 0 amide bonds. The number of nitrogens with zero attached hydrogens (tertiary/aromatic N) is 4. The molecule has 3 rings (SSSR count). The molecule has 0 unspecified atom stereocenters. The predicted molar refractivity (Wildman–Crippen MR) is 81.4 cm³/mol. The topological polar surface area (TPSA) is 86.6 Å². The van der Waals surface area contributed by atoms with Crippen molar-refractivity contribution in [1.82, 2.24) is 19.3 Å². The van der Waals surface area contributed by atoms with Crippen molar-refractivity contribution < 1.29 is 17.9 Å². The van der Waals surface area contributed by atoms with Crippen LogP contribution in [-0.4, -0.2) is 55.0 Å². The molecule has 2 heterocycles. The van der Waals surface area contributed by atoms with Crippen molar-refractivity contribution in [2.75, 3.05) is 27.3 Å². The van der Waals surface area contributed by atoms with E-state index in [1.165, 1.54) is 17.5 Å². The van der Waals surface area contributed by atoms with E-state index in [2.05, 4.69) is 10.3 Å². The molecule has 1 aliphatic heterocycles. The van der Waals surface area contributed by atoms with E-state index in [9.17, 15) is 8.42 Å². The number of aromatic nitrogens is 3. The number of methoxy groups -OCH3 is 2. The predicted octanol–water partition coefficient (Wildman–Crippen LogP) is 0.370. The van der Waals surface area contributed by atoms with Gasteiger partial charge in [0.15, 0.2) is 0 Å². The van der Waals surface area contributed by atoms with Gasteiger partial charge in [-0.05, 0) is 12.1 Å². The number of sulfonamides is 1. The van der Waals surface area contributed by atoms with E-state index in [0.717, 1.165) is 5.69 Å². The fourth-order valence-corrected chi connectivity index (χ4v) is 4.45. The highest BCUT2D eigenvalue weighted by molar-refractivity contribution is 7.89. The van der Waals surface area contributed by atoms with Gasteiger partial charge < -0.3 is 9.47 Å². The maximum Gasteiger partial charge on any atom is 0.246 e. The fraction of sp³-hybridized carbons (Fsp3) is 0.429. The van der Waals surface area contributed by atoms with Crippen molar-refractivity contribution in [3.05, 3.63) is 36.2 Å². The summed E-state index contributed by atoms with van der Waals surface area (Å²) in [5, 5.41) is 7.72. The van der Waals surface area contributed by atoms with Crippen LogP contribution in [-0.2, 0) is 27.4 Å². The summed E-state index contributed by atoms with van der Waals surface area (Å²) in [6.45, 7) is 0.399. The van der Waals surface area contributed by atoms with Crippen molar-refractivity contribution in [3.8, 4) is 5.75 Å². The zero-order valence-corrected chi connectivity index (χ0v) is 13.9. The van der Waals surface area contributed by atoms with Gasteiger partial charge in [-0.1, -0.05) is 17.3 Å². The number of rotatable bonds is 5. The molecule has 1 saturated heterocycles. The molecular formula is C14H18N4O4S. The number of aryl methyl sites for hydroxylation is 1. The molecule has 1 aromatic carbocycles. The lowest BCUT2D eigenvalue weighted by Crippen LogP contribution is -2.62. The molecule has 0 saturated carbocycles. The van der Waals surface area contributed by atoms with Crippen LogP contribution in [0.15, 0.2) is 35.4 Å². The summed E-state index contributed by atoms with van der Waals surface area (Å²) < 4.78 is 39.3. The first-order valence-electron chi connectivity index (χ1n) is 6.98. The third-order valence-electron chi connectivity index (χ3n) is 4.12. The van der Waals surface area contributed by atoms with Crippen LogP contribution in [0.4, 0.5) is 0 Å². The Bertz CT molecular complexity index is 812. The van der Waals surface area contributed by atoms with Crippen LogP contribution in [0.5, 0.6) is 5.75 Å². The first kappa shape index (κ1) is 15.9.